The fourth-order valence-electron chi connectivity index (χ4n) is 1.90. The van der Waals surface area contributed by atoms with Crippen molar-refractivity contribution in [3.05, 3.63) is 53.6 Å². The van der Waals surface area contributed by atoms with Crippen molar-refractivity contribution in [2.45, 2.75) is 13.5 Å². The topological polar surface area (TPSA) is 50.9 Å². The van der Waals surface area contributed by atoms with E-state index in [0.29, 0.717) is 0 Å². The van der Waals surface area contributed by atoms with Gasteiger partial charge in [-0.05, 0) is 30.7 Å². The molecule has 0 aliphatic heterocycles. The Bertz CT molecular complexity index is 701. The number of nitrogens with two attached hydrogens (primary N) is 1. The molecule has 19 heavy (non-hydrogen) atoms. The Labute approximate surface area is 116 Å². The largest absolute Gasteiger partial charge is 0.399 e. The molecule has 96 valence electrons. The summed E-state index contributed by atoms with van der Waals surface area (Å²) >= 11 is 1.63. The number of rotatable bonds is 3. The van der Waals surface area contributed by atoms with Crippen molar-refractivity contribution >= 4 is 32.4 Å². The van der Waals surface area contributed by atoms with Crippen LogP contribution in [0.25, 0.3) is 10.2 Å². The third kappa shape index (κ3) is 2.69. The third-order valence-electron chi connectivity index (χ3n) is 2.98. The van der Waals surface area contributed by atoms with Crippen molar-refractivity contribution < 1.29 is 0 Å². The summed E-state index contributed by atoms with van der Waals surface area (Å²) in [5.41, 5.74) is 10.1. The Balaban J connectivity index is 1.76. The van der Waals surface area contributed by atoms with Crippen LogP contribution in [-0.2, 0) is 6.54 Å². The minimum atomic E-state index is 0.779. The Morgan fingerprint density at radius 3 is 2.74 bits per heavy atom. The number of aromatic nitrogens is 1. The molecule has 3 N–H and O–H groups in total. The predicted molar refractivity (Wildman–Crippen MR) is 82.5 cm³/mol. The van der Waals surface area contributed by atoms with Gasteiger partial charge in [-0.1, -0.05) is 41.2 Å². The molecule has 0 amide bonds. The molecule has 3 aromatic rings. The fourth-order valence-corrected chi connectivity index (χ4v) is 2.81. The summed E-state index contributed by atoms with van der Waals surface area (Å²) in [7, 11) is 0. The Hall–Kier alpha value is -2.07. The van der Waals surface area contributed by atoms with Crippen LogP contribution in [0, 0.1) is 6.92 Å². The van der Waals surface area contributed by atoms with E-state index in [0.717, 1.165) is 27.6 Å². The molecule has 0 unspecified atom stereocenters. The van der Waals surface area contributed by atoms with Gasteiger partial charge in [0.15, 0.2) is 5.13 Å². The molecule has 1 aromatic heterocycles. The molecular formula is C15H15N3S. The average molecular weight is 269 g/mol. The predicted octanol–water partition coefficient (Wildman–Crippen LogP) is 3.80. The van der Waals surface area contributed by atoms with E-state index in [4.69, 9.17) is 5.73 Å². The van der Waals surface area contributed by atoms with Gasteiger partial charge in [-0.25, -0.2) is 4.98 Å². The lowest BCUT2D eigenvalue weighted by molar-refractivity contribution is 1.14. The molecule has 0 saturated heterocycles. The van der Waals surface area contributed by atoms with Crippen LogP contribution in [0.2, 0.25) is 0 Å². The summed E-state index contributed by atoms with van der Waals surface area (Å²) in [6.45, 7) is 2.88. The quantitative estimate of drug-likeness (QED) is 0.711. The molecule has 0 bridgehead atoms. The molecular weight excluding hydrogens is 254 g/mol. The highest BCUT2D eigenvalue weighted by Gasteiger charge is 2.03. The van der Waals surface area contributed by atoms with Crippen LogP contribution in [-0.4, -0.2) is 4.98 Å². The highest BCUT2D eigenvalue weighted by molar-refractivity contribution is 7.22. The molecule has 0 aliphatic carbocycles. The summed E-state index contributed by atoms with van der Waals surface area (Å²) in [6.07, 6.45) is 0. The number of nitrogens with zero attached hydrogens (tertiary/aromatic N) is 1. The average Bonchev–Trinajstić information content (AvgIpc) is 2.80. The molecule has 0 saturated carbocycles. The summed E-state index contributed by atoms with van der Waals surface area (Å²) in [5, 5.41) is 4.29. The number of anilines is 2. The number of fused-ring (bicyclic) bond motifs is 1. The number of thiazole rings is 1. The summed E-state index contributed by atoms with van der Waals surface area (Å²) in [5.74, 6) is 0. The van der Waals surface area contributed by atoms with E-state index in [2.05, 4.69) is 41.5 Å². The second-order valence-electron chi connectivity index (χ2n) is 4.59. The number of benzene rings is 2. The first kappa shape index (κ1) is 12.0. The molecule has 0 aliphatic rings. The van der Waals surface area contributed by atoms with Gasteiger partial charge in [0.1, 0.15) is 0 Å². The smallest absolute Gasteiger partial charge is 0.184 e. The second kappa shape index (κ2) is 4.90. The lowest BCUT2D eigenvalue weighted by atomic mass is 10.1. The van der Waals surface area contributed by atoms with Gasteiger partial charge in [0, 0.05) is 12.2 Å². The van der Waals surface area contributed by atoms with Crippen LogP contribution in [0.1, 0.15) is 11.1 Å². The molecule has 0 atom stereocenters. The number of nitrogen functional groups attached to an aromatic ring is 1. The zero-order chi connectivity index (χ0) is 13.2. The number of aryl methyl sites for hydroxylation is 1. The van der Waals surface area contributed by atoms with Gasteiger partial charge in [-0.3, -0.25) is 0 Å². The minimum Gasteiger partial charge on any atom is -0.399 e. The molecule has 0 radical (unpaired) electrons. The SMILES string of the molecule is Cc1ccc(CNc2nc3ccc(N)cc3s2)cc1. The van der Waals surface area contributed by atoms with E-state index >= 15 is 0 Å². The Kier molecular flexibility index (Phi) is 3.09. The highest BCUT2D eigenvalue weighted by Crippen LogP contribution is 2.27. The van der Waals surface area contributed by atoms with Gasteiger partial charge in [-0.15, -0.1) is 0 Å². The van der Waals surface area contributed by atoms with E-state index in [-0.39, 0.29) is 0 Å². The lowest BCUT2D eigenvalue weighted by Crippen LogP contribution is -1.98. The molecule has 1 heterocycles. The van der Waals surface area contributed by atoms with Crippen molar-refractivity contribution in [2.24, 2.45) is 0 Å². The number of hydrogen-bond acceptors (Lipinski definition) is 4. The first-order valence-electron chi connectivity index (χ1n) is 6.16. The number of nitrogens with one attached hydrogen (secondary N) is 1. The van der Waals surface area contributed by atoms with E-state index in [9.17, 15) is 0 Å². The van der Waals surface area contributed by atoms with Gasteiger partial charge in [0.25, 0.3) is 0 Å². The monoisotopic (exact) mass is 269 g/mol. The Morgan fingerprint density at radius 2 is 1.95 bits per heavy atom. The maximum Gasteiger partial charge on any atom is 0.184 e. The van der Waals surface area contributed by atoms with Gasteiger partial charge in [-0.2, -0.15) is 0 Å². The van der Waals surface area contributed by atoms with E-state index in [1.54, 1.807) is 11.3 Å². The first-order valence-corrected chi connectivity index (χ1v) is 6.98. The second-order valence-corrected chi connectivity index (χ2v) is 5.62. The van der Waals surface area contributed by atoms with Crippen LogP contribution in [0.15, 0.2) is 42.5 Å². The standard InChI is InChI=1S/C15H15N3S/c1-10-2-4-11(5-3-10)9-17-15-18-13-7-6-12(16)8-14(13)19-15/h2-8H,9,16H2,1H3,(H,17,18). The maximum absolute atomic E-state index is 5.77. The molecule has 3 nitrogen and oxygen atoms in total. The van der Waals surface area contributed by atoms with Gasteiger partial charge in [0.2, 0.25) is 0 Å². The van der Waals surface area contributed by atoms with Crippen LogP contribution in [0.3, 0.4) is 0 Å². The summed E-state index contributed by atoms with van der Waals surface area (Å²) < 4.78 is 1.12. The van der Waals surface area contributed by atoms with Crippen molar-refractivity contribution in [2.75, 3.05) is 11.1 Å². The van der Waals surface area contributed by atoms with Crippen LogP contribution in [0.5, 0.6) is 0 Å². The van der Waals surface area contributed by atoms with Crippen molar-refractivity contribution in [3.8, 4) is 0 Å². The third-order valence-corrected chi connectivity index (χ3v) is 3.95. The van der Waals surface area contributed by atoms with E-state index < -0.39 is 0 Å². The van der Waals surface area contributed by atoms with Crippen molar-refractivity contribution in [1.82, 2.24) is 4.98 Å². The summed E-state index contributed by atoms with van der Waals surface area (Å²) in [6, 6.07) is 14.3. The zero-order valence-corrected chi connectivity index (χ0v) is 11.5. The molecule has 2 aromatic carbocycles. The fraction of sp³-hybridized carbons (Fsp3) is 0.133. The van der Waals surface area contributed by atoms with Crippen LogP contribution < -0.4 is 11.1 Å². The first-order chi connectivity index (χ1) is 9.20. The van der Waals surface area contributed by atoms with Crippen LogP contribution in [0.4, 0.5) is 10.8 Å². The van der Waals surface area contributed by atoms with Gasteiger partial charge < -0.3 is 11.1 Å². The van der Waals surface area contributed by atoms with Gasteiger partial charge in [0.05, 0.1) is 10.2 Å². The molecule has 3 rings (SSSR count). The lowest BCUT2D eigenvalue weighted by Gasteiger charge is -2.02. The number of hydrogen-bond donors (Lipinski definition) is 2. The normalized spacial score (nSPS) is 10.8. The summed E-state index contributed by atoms with van der Waals surface area (Å²) in [4.78, 5) is 4.54. The molecule has 0 spiro atoms. The van der Waals surface area contributed by atoms with Gasteiger partial charge >= 0.3 is 0 Å². The zero-order valence-electron chi connectivity index (χ0n) is 10.7. The van der Waals surface area contributed by atoms with Crippen LogP contribution >= 0.6 is 11.3 Å². The Morgan fingerprint density at radius 1 is 1.16 bits per heavy atom. The van der Waals surface area contributed by atoms with E-state index in [1.807, 2.05) is 18.2 Å². The molecule has 0 fully saturated rings. The van der Waals surface area contributed by atoms with E-state index in [1.165, 1.54) is 11.1 Å². The molecule has 4 heteroatoms. The minimum absolute atomic E-state index is 0.779. The van der Waals surface area contributed by atoms with Crippen molar-refractivity contribution in [3.63, 3.8) is 0 Å². The van der Waals surface area contributed by atoms with Crippen molar-refractivity contribution in [1.29, 1.82) is 0 Å². The highest BCUT2D eigenvalue weighted by atomic mass is 32.1. The maximum atomic E-state index is 5.77.